The summed E-state index contributed by atoms with van der Waals surface area (Å²) in [7, 11) is 0. The molecule has 0 aromatic heterocycles. The van der Waals surface area contributed by atoms with Crippen LogP contribution in [-0.2, 0) is 9.59 Å². The molecular formula is C12H22N2O3. The molecule has 0 aliphatic heterocycles. The van der Waals surface area contributed by atoms with E-state index < -0.39 is 12.0 Å². The molecule has 98 valence electrons. The van der Waals surface area contributed by atoms with Gasteiger partial charge in [0.25, 0.3) is 0 Å². The quantitative estimate of drug-likeness (QED) is 0.677. The van der Waals surface area contributed by atoms with Crippen LogP contribution in [0.4, 0.5) is 0 Å². The Kier molecular flexibility index (Phi) is 4.93. The maximum Gasteiger partial charge on any atom is 0.326 e. The van der Waals surface area contributed by atoms with Crippen molar-refractivity contribution in [3.05, 3.63) is 0 Å². The molecule has 0 radical (unpaired) electrons. The third-order valence-corrected chi connectivity index (χ3v) is 3.32. The zero-order valence-electron chi connectivity index (χ0n) is 10.5. The molecule has 1 saturated carbocycles. The molecule has 1 aliphatic rings. The summed E-state index contributed by atoms with van der Waals surface area (Å²) < 4.78 is 0. The van der Waals surface area contributed by atoms with Gasteiger partial charge in [-0.25, -0.2) is 4.79 Å². The molecule has 1 amide bonds. The van der Waals surface area contributed by atoms with Crippen LogP contribution in [-0.4, -0.2) is 29.1 Å². The Morgan fingerprint density at radius 1 is 1.35 bits per heavy atom. The molecule has 3 atom stereocenters. The van der Waals surface area contributed by atoms with E-state index in [1.807, 2.05) is 0 Å². The van der Waals surface area contributed by atoms with Crippen LogP contribution in [0.15, 0.2) is 0 Å². The summed E-state index contributed by atoms with van der Waals surface area (Å²) in [5, 5.41) is 11.6. The second-order valence-corrected chi connectivity index (χ2v) is 5.19. The average molecular weight is 242 g/mol. The Hall–Kier alpha value is -1.10. The van der Waals surface area contributed by atoms with E-state index >= 15 is 0 Å². The molecule has 2 unspecified atom stereocenters. The standard InChI is InChI=1S/C12H22N2O3/c1-7(2)10(12(16)17)14-11(15)8-4-3-5-9(13)6-8/h7-10H,3-6,13H2,1-2H3,(H,14,15)(H,16,17)/t8?,9?,10-/m1/s1. The average Bonchev–Trinajstić information content (AvgIpc) is 2.24. The van der Waals surface area contributed by atoms with Crippen LogP contribution in [0.5, 0.6) is 0 Å². The third-order valence-electron chi connectivity index (χ3n) is 3.32. The van der Waals surface area contributed by atoms with Gasteiger partial charge in [-0.2, -0.15) is 0 Å². The Bertz CT molecular complexity index is 291. The normalized spacial score (nSPS) is 26.6. The molecule has 1 rings (SSSR count). The predicted octanol–water partition coefficient (Wildman–Crippen LogP) is 0.729. The number of carbonyl (C=O) groups excluding carboxylic acids is 1. The van der Waals surface area contributed by atoms with Crippen molar-refractivity contribution >= 4 is 11.9 Å². The Morgan fingerprint density at radius 2 is 2.00 bits per heavy atom. The smallest absolute Gasteiger partial charge is 0.326 e. The van der Waals surface area contributed by atoms with Crippen molar-refractivity contribution in [2.45, 2.75) is 51.6 Å². The molecule has 1 aliphatic carbocycles. The summed E-state index contributed by atoms with van der Waals surface area (Å²) in [6, 6.07) is -0.734. The lowest BCUT2D eigenvalue weighted by molar-refractivity contribution is -0.144. The lowest BCUT2D eigenvalue weighted by Crippen LogP contribution is -2.48. The van der Waals surface area contributed by atoms with Crippen LogP contribution in [0, 0.1) is 11.8 Å². The molecule has 17 heavy (non-hydrogen) atoms. The minimum atomic E-state index is -0.978. The summed E-state index contributed by atoms with van der Waals surface area (Å²) >= 11 is 0. The van der Waals surface area contributed by atoms with E-state index in [0.717, 1.165) is 19.3 Å². The first-order valence-corrected chi connectivity index (χ1v) is 6.20. The summed E-state index contributed by atoms with van der Waals surface area (Å²) in [6.45, 7) is 3.57. The van der Waals surface area contributed by atoms with Crippen molar-refractivity contribution in [1.29, 1.82) is 0 Å². The first kappa shape index (κ1) is 14.0. The summed E-state index contributed by atoms with van der Waals surface area (Å²) in [4.78, 5) is 22.9. The number of carbonyl (C=O) groups is 2. The number of carboxylic acids is 1. The summed E-state index contributed by atoms with van der Waals surface area (Å²) in [6.07, 6.45) is 3.37. The van der Waals surface area contributed by atoms with Gasteiger partial charge in [-0.1, -0.05) is 20.3 Å². The minimum Gasteiger partial charge on any atom is -0.480 e. The van der Waals surface area contributed by atoms with Gasteiger partial charge in [0.2, 0.25) is 5.91 Å². The minimum absolute atomic E-state index is 0.0711. The number of amides is 1. The van der Waals surface area contributed by atoms with Crippen LogP contribution >= 0.6 is 0 Å². The molecular weight excluding hydrogens is 220 g/mol. The second-order valence-electron chi connectivity index (χ2n) is 5.19. The molecule has 0 heterocycles. The first-order chi connectivity index (χ1) is 7.91. The van der Waals surface area contributed by atoms with Gasteiger partial charge >= 0.3 is 5.97 Å². The largest absolute Gasteiger partial charge is 0.480 e. The van der Waals surface area contributed by atoms with E-state index in [4.69, 9.17) is 10.8 Å². The van der Waals surface area contributed by atoms with Gasteiger partial charge in [-0.05, 0) is 25.2 Å². The Balaban J connectivity index is 2.54. The number of nitrogens with two attached hydrogens (primary N) is 1. The number of carboxylic acid groups (broad SMARTS) is 1. The molecule has 0 aromatic carbocycles. The van der Waals surface area contributed by atoms with Gasteiger partial charge < -0.3 is 16.2 Å². The highest BCUT2D eigenvalue weighted by Crippen LogP contribution is 2.23. The van der Waals surface area contributed by atoms with E-state index in [-0.39, 0.29) is 23.8 Å². The van der Waals surface area contributed by atoms with Gasteiger partial charge in [0.1, 0.15) is 6.04 Å². The van der Waals surface area contributed by atoms with Crippen molar-refractivity contribution in [2.75, 3.05) is 0 Å². The van der Waals surface area contributed by atoms with E-state index in [1.54, 1.807) is 13.8 Å². The van der Waals surface area contributed by atoms with Crippen molar-refractivity contribution in [3.8, 4) is 0 Å². The molecule has 0 aromatic rings. The van der Waals surface area contributed by atoms with Crippen molar-refractivity contribution in [3.63, 3.8) is 0 Å². The lowest BCUT2D eigenvalue weighted by Gasteiger charge is -2.27. The molecule has 5 nitrogen and oxygen atoms in total. The third kappa shape index (κ3) is 4.00. The van der Waals surface area contributed by atoms with Crippen LogP contribution in [0.1, 0.15) is 39.5 Å². The highest BCUT2D eigenvalue weighted by atomic mass is 16.4. The fourth-order valence-electron chi connectivity index (χ4n) is 2.25. The summed E-state index contributed by atoms with van der Waals surface area (Å²) in [5.74, 6) is -1.39. The van der Waals surface area contributed by atoms with Crippen LogP contribution < -0.4 is 11.1 Å². The zero-order chi connectivity index (χ0) is 13.0. The monoisotopic (exact) mass is 242 g/mol. The van der Waals surface area contributed by atoms with Gasteiger partial charge in [0.15, 0.2) is 0 Å². The number of aliphatic carboxylic acids is 1. The lowest BCUT2D eigenvalue weighted by atomic mass is 9.85. The number of nitrogens with one attached hydrogen (secondary N) is 1. The van der Waals surface area contributed by atoms with E-state index in [0.29, 0.717) is 6.42 Å². The number of hydrogen-bond donors (Lipinski definition) is 3. The predicted molar refractivity (Wildman–Crippen MR) is 64.3 cm³/mol. The highest BCUT2D eigenvalue weighted by molar-refractivity contribution is 5.85. The zero-order valence-corrected chi connectivity index (χ0v) is 10.5. The molecule has 5 heteroatoms. The van der Waals surface area contributed by atoms with Crippen molar-refractivity contribution in [2.24, 2.45) is 17.6 Å². The maximum absolute atomic E-state index is 11.9. The highest BCUT2D eigenvalue weighted by Gasteiger charge is 2.30. The molecule has 0 spiro atoms. The second kappa shape index (κ2) is 6.00. The fourth-order valence-corrected chi connectivity index (χ4v) is 2.25. The van der Waals surface area contributed by atoms with E-state index in [1.165, 1.54) is 0 Å². The van der Waals surface area contributed by atoms with E-state index in [9.17, 15) is 9.59 Å². The Labute approximate surface area is 102 Å². The van der Waals surface area contributed by atoms with Crippen molar-refractivity contribution in [1.82, 2.24) is 5.32 Å². The number of hydrogen-bond acceptors (Lipinski definition) is 3. The van der Waals surface area contributed by atoms with Gasteiger partial charge in [0.05, 0.1) is 0 Å². The van der Waals surface area contributed by atoms with Crippen LogP contribution in [0.25, 0.3) is 0 Å². The van der Waals surface area contributed by atoms with E-state index in [2.05, 4.69) is 5.32 Å². The summed E-state index contributed by atoms with van der Waals surface area (Å²) in [5.41, 5.74) is 5.82. The topological polar surface area (TPSA) is 92.4 Å². The fraction of sp³-hybridized carbons (Fsp3) is 0.833. The maximum atomic E-state index is 11.9. The van der Waals surface area contributed by atoms with Gasteiger partial charge in [-0.3, -0.25) is 4.79 Å². The molecule has 1 fully saturated rings. The number of rotatable bonds is 4. The van der Waals surface area contributed by atoms with Crippen molar-refractivity contribution < 1.29 is 14.7 Å². The van der Waals surface area contributed by atoms with Crippen LogP contribution in [0.2, 0.25) is 0 Å². The SMILES string of the molecule is CC(C)[C@@H](NC(=O)C1CCCC(N)C1)C(=O)O. The van der Waals surface area contributed by atoms with Crippen LogP contribution in [0.3, 0.4) is 0 Å². The molecule has 0 saturated heterocycles. The molecule has 4 N–H and O–H groups in total. The Morgan fingerprint density at radius 3 is 2.47 bits per heavy atom. The molecule has 0 bridgehead atoms. The van der Waals surface area contributed by atoms with Gasteiger partial charge in [0, 0.05) is 12.0 Å². The van der Waals surface area contributed by atoms with Gasteiger partial charge in [-0.15, -0.1) is 0 Å². The first-order valence-electron chi connectivity index (χ1n) is 6.20.